The van der Waals surface area contributed by atoms with E-state index in [4.69, 9.17) is 40.5 Å². The van der Waals surface area contributed by atoms with Crippen LogP contribution in [0, 0.1) is 6.92 Å². The zero-order valence-corrected chi connectivity index (χ0v) is 14.9. The van der Waals surface area contributed by atoms with Crippen LogP contribution in [-0.4, -0.2) is 10.9 Å². The van der Waals surface area contributed by atoms with Crippen LogP contribution in [0.1, 0.15) is 15.4 Å². The SMILES string of the molecule is Cc1ccc2c(N)c(C(=O)Nc3cc(Cl)c(Cl)cc3Cl)sc2n1. The van der Waals surface area contributed by atoms with Crippen LogP contribution in [-0.2, 0) is 0 Å². The van der Waals surface area contributed by atoms with Crippen molar-refractivity contribution < 1.29 is 4.79 Å². The Morgan fingerprint density at radius 3 is 2.61 bits per heavy atom. The third-order valence-electron chi connectivity index (χ3n) is 3.20. The quantitative estimate of drug-likeness (QED) is 0.579. The van der Waals surface area contributed by atoms with E-state index >= 15 is 0 Å². The molecular formula is C15H10Cl3N3OS. The smallest absolute Gasteiger partial charge is 0.267 e. The number of nitrogens with one attached hydrogen (secondary N) is 1. The molecule has 4 nitrogen and oxygen atoms in total. The Labute approximate surface area is 151 Å². The van der Waals surface area contributed by atoms with Gasteiger partial charge in [0, 0.05) is 11.1 Å². The van der Waals surface area contributed by atoms with E-state index in [0.29, 0.717) is 36.2 Å². The van der Waals surface area contributed by atoms with Crippen LogP contribution in [0.5, 0.6) is 0 Å². The molecule has 118 valence electrons. The predicted octanol–water partition coefficient (Wildman–Crippen LogP) is 5.40. The van der Waals surface area contributed by atoms with Gasteiger partial charge in [-0.2, -0.15) is 0 Å². The maximum atomic E-state index is 12.5. The van der Waals surface area contributed by atoms with Crippen molar-refractivity contribution in [2.24, 2.45) is 0 Å². The van der Waals surface area contributed by atoms with Gasteiger partial charge in [0.2, 0.25) is 0 Å². The Morgan fingerprint density at radius 1 is 1.17 bits per heavy atom. The highest BCUT2D eigenvalue weighted by molar-refractivity contribution is 7.21. The maximum absolute atomic E-state index is 12.5. The van der Waals surface area contributed by atoms with Crippen LogP contribution in [0.4, 0.5) is 11.4 Å². The number of carbonyl (C=O) groups excluding carboxylic acids is 1. The van der Waals surface area contributed by atoms with Crippen molar-refractivity contribution in [2.75, 3.05) is 11.1 Å². The number of pyridine rings is 1. The third-order valence-corrected chi connectivity index (χ3v) is 5.35. The summed E-state index contributed by atoms with van der Waals surface area (Å²) in [5.41, 5.74) is 7.69. The fourth-order valence-electron chi connectivity index (χ4n) is 2.06. The normalized spacial score (nSPS) is 11.0. The van der Waals surface area contributed by atoms with Gasteiger partial charge in [0.15, 0.2) is 0 Å². The summed E-state index contributed by atoms with van der Waals surface area (Å²) in [4.78, 5) is 18.0. The number of aryl methyl sites for hydroxylation is 1. The lowest BCUT2D eigenvalue weighted by atomic mass is 10.2. The fourth-order valence-corrected chi connectivity index (χ4v) is 3.68. The molecule has 23 heavy (non-hydrogen) atoms. The first-order valence-electron chi connectivity index (χ1n) is 6.48. The van der Waals surface area contributed by atoms with E-state index in [-0.39, 0.29) is 5.91 Å². The van der Waals surface area contributed by atoms with Crippen LogP contribution in [0.25, 0.3) is 10.2 Å². The number of nitrogens with zero attached hydrogens (tertiary/aromatic N) is 1. The molecule has 0 aliphatic heterocycles. The molecule has 8 heteroatoms. The molecule has 1 aromatic carbocycles. The highest BCUT2D eigenvalue weighted by Crippen LogP contribution is 2.35. The first kappa shape index (κ1) is 16.3. The number of fused-ring (bicyclic) bond motifs is 1. The van der Waals surface area contributed by atoms with Crippen molar-refractivity contribution in [3.05, 3.63) is 49.9 Å². The summed E-state index contributed by atoms with van der Waals surface area (Å²) in [6.07, 6.45) is 0. The van der Waals surface area contributed by atoms with Crippen LogP contribution < -0.4 is 11.1 Å². The van der Waals surface area contributed by atoms with Gasteiger partial charge in [-0.05, 0) is 31.2 Å². The van der Waals surface area contributed by atoms with Crippen LogP contribution in [0.15, 0.2) is 24.3 Å². The first-order chi connectivity index (χ1) is 10.9. The lowest BCUT2D eigenvalue weighted by Crippen LogP contribution is -2.12. The summed E-state index contributed by atoms with van der Waals surface area (Å²) < 4.78 is 0. The van der Waals surface area contributed by atoms with Gasteiger partial charge in [-0.3, -0.25) is 4.79 Å². The Hall–Kier alpha value is -1.53. The number of anilines is 2. The lowest BCUT2D eigenvalue weighted by Gasteiger charge is -2.08. The highest BCUT2D eigenvalue weighted by Gasteiger charge is 2.18. The molecule has 2 heterocycles. The largest absolute Gasteiger partial charge is 0.397 e. The summed E-state index contributed by atoms with van der Waals surface area (Å²) in [5, 5.41) is 4.36. The average Bonchev–Trinajstić information content (AvgIpc) is 2.81. The fraction of sp³-hybridized carbons (Fsp3) is 0.0667. The number of thiophene rings is 1. The van der Waals surface area contributed by atoms with Crippen LogP contribution in [0.3, 0.4) is 0 Å². The molecule has 3 aromatic rings. The summed E-state index contributed by atoms with van der Waals surface area (Å²) >= 11 is 19.1. The monoisotopic (exact) mass is 385 g/mol. The molecule has 0 fully saturated rings. The summed E-state index contributed by atoms with van der Waals surface area (Å²) in [7, 11) is 0. The molecular weight excluding hydrogens is 377 g/mol. The zero-order valence-electron chi connectivity index (χ0n) is 11.8. The van der Waals surface area contributed by atoms with Crippen molar-refractivity contribution >= 4 is 73.6 Å². The number of hydrogen-bond donors (Lipinski definition) is 2. The van der Waals surface area contributed by atoms with Crippen LogP contribution in [0.2, 0.25) is 15.1 Å². The molecule has 0 atom stereocenters. The average molecular weight is 387 g/mol. The molecule has 1 amide bonds. The van der Waals surface area contributed by atoms with Gasteiger partial charge >= 0.3 is 0 Å². The molecule has 0 unspecified atom stereocenters. The van der Waals surface area contributed by atoms with Crippen molar-refractivity contribution in [1.29, 1.82) is 0 Å². The Morgan fingerprint density at radius 2 is 1.87 bits per heavy atom. The van der Waals surface area contributed by atoms with E-state index in [1.165, 1.54) is 23.5 Å². The second-order valence-electron chi connectivity index (χ2n) is 4.85. The van der Waals surface area contributed by atoms with E-state index in [1.807, 2.05) is 19.1 Å². The minimum atomic E-state index is -0.372. The van der Waals surface area contributed by atoms with E-state index in [9.17, 15) is 4.79 Å². The second kappa shape index (κ2) is 6.17. The number of nitrogens with two attached hydrogens (primary N) is 1. The first-order valence-corrected chi connectivity index (χ1v) is 8.43. The topological polar surface area (TPSA) is 68.0 Å². The molecule has 0 saturated heterocycles. The van der Waals surface area contributed by atoms with E-state index in [1.54, 1.807) is 0 Å². The van der Waals surface area contributed by atoms with Crippen LogP contribution >= 0.6 is 46.1 Å². The molecule has 0 aliphatic carbocycles. The van der Waals surface area contributed by atoms with Crippen molar-refractivity contribution in [2.45, 2.75) is 6.92 Å². The van der Waals surface area contributed by atoms with Crippen molar-refractivity contribution in [3.63, 3.8) is 0 Å². The number of hydrogen-bond acceptors (Lipinski definition) is 4. The standard InChI is InChI=1S/C15H10Cl3N3OS/c1-6-2-3-7-12(19)13(23-15(7)20-6)14(22)21-11-5-9(17)8(16)4-10(11)18/h2-5H,19H2,1H3,(H,21,22). The molecule has 0 bridgehead atoms. The molecule has 3 N–H and O–H groups in total. The maximum Gasteiger partial charge on any atom is 0.267 e. The molecule has 0 saturated carbocycles. The van der Waals surface area contributed by atoms with Gasteiger partial charge in [0.05, 0.1) is 26.4 Å². The molecule has 2 aromatic heterocycles. The number of halogens is 3. The summed E-state index contributed by atoms with van der Waals surface area (Å²) in [5.74, 6) is -0.372. The van der Waals surface area contributed by atoms with Gasteiger partial charge in [-0.15, -0.1) is 11.3 Å². The summed E-state index contributed by atoms with van der Waals surface area (Å²) in [6, 6.07) is 6.67. The Balaban J connectivity index is 1.98. The van der Waals surface area contributed by atoms with Gasteiger partial charge < -0.3 is 11.1 Å². The van der Waals surface area contributed by atoms with Gasteiger partial charge in [-0.1, -0.05) is 34.8 Å². The van der Waals surface area contributed by atoms with Gasteiger partial charge in [-0.25, -0.2) is 4.98 Å². The number of nitrogen functional groups attached to an aromatic ring is 1. The molecule has 0 aliphatic rings. The number of aromatic nitrogens is 1. The Bertz CT molecular complexity index is 939. The highest BCUT2D eigenvalue weighted by atomic mass is 35.5. The summed E-state index contributed by atoms with van der Waals surface area (Å²) in [6.45, 7) is 1.88. The van der Waals surface area contributed by atoms with Crippen molar-refractivity contribution in [1.82, 2.24) is 4.98 Å². The minimum Gasteiger partial charge on any atom is -0.397 e. The van der Waals surface area contributed by atoms with Gasteiger partial charge in [0.1, 0.15) is 9.71 Å². The van der Waals surface area contributed by atoms with Crippen molar-refractivity contribution in [3.8, 4) is 0 Å². The molecule has 0 radical (unpaired) electrons. The third kappa shape index (κ3) is 3.10. The number of rotatable bonds is 2. The van der Waals surface area contributed by atoms with Gasteiger partial charge in [0.25, 0.3) is 5.91 Å². The number of carbonyl (C=O) groups is 1. The van der Waals surface area contributed by atoms with E-state index in [0.717, 1.165) is 11.1 Å². The zero-order chi connectivity index (χ0) is 16.7. The lowest BCUT2D eigenvalue weighted by molar-refractivity contribution is 0.103. The second-order valence-corrected chi connectivity index (χ2v) is 7.07. The minimum absolute atomic E-state index is 0.293. The Kier molecular flexibility index (Phi) is 4.38. The van der Waals surface area contributed by atoms with E-state index < -0.39 is 0 Å². The number of amides is 1. The predicted molar refractivity (Wildman–Crippen MR) is 98.2 cm³/mol. The number of benzene rings is 1. The molecule has 3 rings (SSSR count). The van der Waals surface area contributed by atoms with E-state index in [2.05, 4.69) is 10.3 Å². The molecule has 0 spiro atoms.